The number of thiazole rings is 1. The Bertz CT molecular complexity index is 581. The molecule has 2 aromatic rings. The van der Waals surface area contributed by atoms with Crippen LogP contribution in [-0.4, -0.2) is 21.4 Å². The van der Waals surface area contributed by atoms with E-state index in [0.29, 0.717) is 0 Å². The van der Waals surface area contributed by atoms with Crippen LogP contribution < -0.4 is 0 Å². The van der Waals surface area contributed by atoms with Crippen molar-refractivity contribution in [2.45, 2.75) is 12.8 Å². The van der Waals surface area contributed by atoms with Gasteiger partial charge in [0.25, 0.3) is 0 Å². The molecule has 0 unspecified atom stereocenters. The molecule has 0 fully saturated rings. The lowest BCUT2D eigenvalue weighted by atomic mass is 10.2. The fourth-order valence-electron chi connectivity index (χ4n) is 1.35. The number of aryl methyl sites for hydroxylation is 1. The van der Waals surface area contributed by atoms with Gasteiger partial charge in [0.15, 0.2) is 5.01 Å². The second-order valence-electron chi connectivity index (χ2n) is 3.48. The highest BCUT2D eigenvalue weighted by Gasteiger charge is 1.95. The number of aromatic nitrogens is 2. The van der Waals surface area contributed by atoms with E-state index < -0.39 is 0 Å². The molecule has 18 heavy (non-hydrogen) atoms. The summed E-state index contributed by atoms with van der Waals surface area (Å²) in [6.07, 6.45) is 8.25. The van der Waals surface area contributed by atoms with Gasteiger partial charge in [0.2, 0.25) is 0 Å². The second-order valence-corrected chi connectivity index (χ2v) is 4.54. The first-order chi connectivity index (χ1) is 8.88. The van der Waals surface area contributed by atoms with Crippen LogP contribution in [-0.2, 0) is 6.42 Å². The van der Waals surface area contributed by atoms with Crippen molar-refractivity contribution in [1.29, 1.82) is 0 Å². The van der Waals surface area contributed by atoms with Crippen LogP contribution in [0.4, 0.5) is 0 Å². The largest absolute Gasteiger partial charge is 0.411 e. The van der Waals surface area contributed by atoms with Crippen molar-refractivity contribution in [3.05, 3.63) is 46.2 Å². The molecule has 5 heteroatoms. The Morgan fingerprint density at radius 2 is 2.39 bits per heavy atom. The van der Waals surface area contributed by atoms with Gasteiger partial charge in [-0.25, -0.2) is 4.98 Å². The Morgan fingerprint density at radius 1 is 1.44 bits per heavy atom. The maximum Gasteiger partial charge on any atom is 0.167 e. The highest BCUT2D eigenvalue weighted by molar-refractivity contribution is 7.13. The van der Waals surface area contributed by atoms with Gasteiger partial charge in [-0.3, -0.25) is 4.98 Å². The third-order valence-electron chi connectivity index (χ3n) is 2.17. The molecular formula is C13H11N3OS. The zero-order valence-electron chi connectivity index (χ0n) is 9.58. The minimum absolute atomic E-state index is 0.732. The number of hydrogen-bond donors (Lipinski definition) is 1. The predicted molar refractivity (Wildman–Crippen MR) is 70.9 cm³/mol. The van der Waals surface area contributed by atoms with Gasteiger partial charge in [-0.1, -0.05) is 17.1 Å². The third-order valence-corrected chi connectivity index (χ3v) is 3.01. The first-order valence-electron chi connectivity index (χ1n) is 5.39. The van der Waals surface area contributed by atoms with Crippen LogP contribution in [0.3, 0.4) is 0 Å². The summed E-state index contributed by atoms with van der Waals surface area (Å²) < 4.78 is 0. The minimum Gasteiger partial charge on any atom is -0.411 e. The second kappa shape index (κ2) is 6.52. The van der Waals surface area contributed by atoms with Gasteiger partial charge in [-0.2, -0.15) is 0 Å². The van der Waals surface area contributed by atoms with Gasteiger partial charge in [0.05, 0.1) is 11.1 Å². The molecule has 2 heterocycles. The van der Waals surface area contributed by atoms with Crippen molar-refractivity contribution in [2.75, 3.05) is 0 Å². The highest BCUT2D eigenvalue weighted by Crippen LogP contribution is 2.09. The zero-order valence-corrected chi connectivity index (χ0v) is 10.4. The Labute approximate surface area is 109 Å². The summed E-state index contributed by atoms with van der Waals surface area (Å²) in [5.74, 6) is 6.06. The quantitative estimate of drug-likeness (QED) is 0.397. The van der Waals surface area contributed by atoms with Gasteiger partial charge >= 0.3 is 0 Å². The lowest BCUT2D eigenvalue weighted by molar-refractivity contribution is 0.322. The van der Waals surface area contributed by atoms with Crippen molar-refractivity contribution in [2.24, 2.45) is 5.16 Å². The van der Waals surface area contributed by atoms with E-state index in [9.17, 15) is 0 Å². The monoisotopic (exact) mass is 257 g/mol. The van der Waals surface area contributed by atoms with E-state index in [1.807, 2.05) is 18.3 Å². The van der Waals surface area contributed by atoms with E-state index in [1.165, 1.54) is 23.1 Å². The molecule has 0 aliphatic carbocycles. The molecule has 0 atom stereocenters. The highest BCUT2D eigenvalue weighted by atomic mass is 32.1. The first kappa shape index (κ1) is 12.3. The molecule has 0 spiro atoms. The molecule has 4 nitrogen and oxygen atoms in total. The van der Waals surface area contributed by atoms with Crippen molar-refractivity contribution in [3.8, 4) is 11.8 Å². The molecule has 0 bridgehead atoms. The standard InChI is InChI=1S/C13H11N3OS/c17-16-10-12-9-15-13(18-12)6-2-1-4-11-5-3-7-14-8-11/h3,5,7-10,17H,1,4H2. The van der Waals surface area contributed by atoms with Crippen LogP contribution >= 0.6 is 11.3 Å². The Kier molecular flexibility index (Phi) is 4.45. The van der Waals surface area contributed by atoms with Gasteiger partial charge in [0.1, 0.15) is 0 Å². The third kappa shape index (κ3) is 3.68. The van der Waals surface area contributed by atoms with Crippen molar-refractivity contribution in [1.82, 2.24) is 9.97 Å². The summed E-state index contributed by atoms with van der Waals surface area (Å²) >= 11 is 1.40. The lowest BCUT2D eigenvalue weighted by Gasteiger charge is -1.93. The molecule has 0 aliphatic rings. The number of rotatable bonds is 3. The smallest absolute Gasteiger partial charge is 0.167 e. The van der Waals surface area contributed by atoms with Gasteiger partial charge in [0, 0.05) is 25.0 Å². The van der Waals surface area contributed by atoms with E-state index >= 15 is 0 Å². The molecule has 90 valence electrons. The molecule has 0 radical (unpaired) electrons. The van der Waals surface area contributed by atoms with Crippen LogP contribution in [0.1, 0.15) is 21.9 Å². The van der Waals surface area contributed by atoms with E-state index in [1.54, 1.807) is 12.4 Å². The molecule has 0 amide bonds. The molecular weight excluding hydrogens is 246 g/mol. The van der Waals surface area contributed by atoms with Crippen LogP contribution in [0.15, 0.2) is 35.9 Å². The van der Waals surface area contributed by atoms with E-state index in [2.05, 4.69) is 27.0 Å². The number of pyridine rings is 1. The van der Waals surface area contributed by atoms with Gasteiger partial charge in [-0.15, -0.1) is 11.3 Å². The first-order valence-corrected chi connectivity index (χ1v) is 6.21. The summed E-state index contributed by atoms with van der Waals surface area (Å²) in [6.45, 7) is 0. The molecule has 0 aromatic carbocycles. The van der Waals surface area contributed by atoms with Crippen LogP contribution in [0.2, 0.25) is 0 Å². The Morgan fingerprint density at radius 3 is 3.17 bits per heavy atom. The van der Waals surface area contributed by atoms with E-state index in [4.69, 9.17) is 5.21 Å². The van der Waals surface area contributed by atoms with Crippen molar-refractivity contribution < 1.29 is 5.21 Å². The van der Waals surface area contributed by atoms with E-state index in [-0.39, 0.29) is 0 Å². The van der Waals surface area contributed by atoms with Crippen LogP contribution in [0, 0.1) is 11.8 Å². The minimum atomic E-state index is 0.732. The Hall–Kier alpha value is -2.19. The molecule has 0 saturated heterocycles. The maximum absolute atomic E-state index is 8.38. The summed E-state index contributed by atoms with van der Waals surface area (Å²) in [7, 11) is 0. The van der Waals surface area contributed by atoms with Crippen LogP contribution in [0.5, 0.6) is 0 Å². The normalized spacial score (nSPS) is 10.2. The summed E-state index contributed by atoms with van der Waals surface area (Å²) in [5, 5.41) is 12.1. The van der Waals surface area contributed by atoms with Crippen molar-refractivity contribution >= 4 is 17.6 Å². The van der Waals surface area contributed by atoms with Gasteiger partial charge in [-0.05, 0) is 24.0 Å². The average Bonchev–Trinajstić information content (AvgIpc) is 2.84. The topological polar surface area (TPSA) is 58.4 Å². The SMILES string of the molecule is ON=Cc1cnc(C#CCCc2cccnc2)s1. The number of hydrogen-bond acceptors (Lipinski definition) is 5. The predicted octanol–water partition coefficient (Wildman–Crippen LogP) is 2.33. The lowest BCUT2D eigenvalue weighted by Crippen LogP contribution is -1.83. The maximum atomic E-state index is 8.38. The van der Waals surface area contributed by atoms with Crippen LogP contribution in [0.25, 0.3) is 0 Å². The fourth-order valence-corrected chi connectivity index (χ4v) is 2.01. The average molecular weight is 257 g/mol. The molecule has 2 rings (SSSR count). The molecule has 0 aliphatic heterocycles. The molecule has 2 aromatic heterocycles. The summed E-state index contributed by atoms with van der Waals surface area (Å²) in [6, 6.07) is 3.96. The van der Waals surface area contributed by atoms with Gasteiger partial charge < -0.3 is 5.21 Å². The Balaban J connectivity index is 1.88. The number of nitrogens with zero attached hydrogens (tertiary/aromatic N) is 3. The van der Waals surface area contributed by atoms with Crippen molar-refractivity contribution in [3.63, 3.8) is 0 Å². The summed E-state index contributed by atoms with van der Waals surface area (Å²) in [5.41, 5.74) is 1.18. The summed E-state index contributed by atoms with van der Waals surface area (Å²) in [4.78, 5) is 8.94. The molecule has 0 saturated carbocycles. The molecule has 1 N–H and O–H groups in total. The fraction of sp³-hybridized carbons (Fsp3) is 0.154. The van der Waals surface area contributed by atoms with E-state index in [0.717, 1.165) is 22.7 Å². The number of oxime groups is 1. The zero-order chi connectivity index (χ0) is 12.6.